The van der Waals surface area contributed by atoms with Crippen molar-refractivity contribution in [1.82, 2.24) is 0 Å². The highest BCUT2D eigenvalue weighted by atomic mass is 32.1. The number of amides is 1. The van der Waals surface area contributed by atoms with Crippen molar-refractivity contribution in [3.63, 3.8) is 0 Å². The second kappa shape index (κ2) is 6.68. The standard InChI is InChI=1S/C17H21NO5S/c1-9(2)17(15(18)19,16(20)21)8-11-5-10-6-12(22-3)13(23-4)7-14(10)24-11/h5-7,9H,8H2,1-4H3,(H2,18,19)(H,20,21). The van der Waals surface area contributed by atoms with Crippen LogP contribution in [0.1, 0.15) is 18.7 Å². The summed E-state index contributed by atoms with van der Waals surface area (Å²) in [6.07, 6.45) is 0.0549. The Morgan fingerprint density at radius 3 is 2.25 bits per heavy atom. The van der Waals surface area contributed by atoms with Crippen molar-refractivity contribution in [3.05, 3.63) is 23.1 Å². The van der Waals surface area contributed by atoms with Crippen molar-refractivity contribution < 1.29 is 24.2 Å². The third-order valence-corrected chi connectivity index (χ3v) is 5.43. The number of carbonyl (C=O) groups excluding carboxylic acids is 1. The third kappa shape index (κ3) is 2.91. The number of thiophene rings is 1. The molecule has 0 spiro atoms. The Morgan fingerprint density at radius 1 is 1.21 bits per heavy atom. The molecular formula is C17H21NO5S. The maximum atomic E-state index is 11.9. The number of primary amides is 1. The van der Waals surface area contributed by atoms with Gasteiger partial charge in [-0.3, -0.25) is 9.59 Å². The lowest BCUT2D eigenvalue weighted by Gasteiger charge is -2.29. The lowest BCUT2D eigenvalue weighted by molar-refractivity contribution is -0.157. The van der Waals surface area contributed by atoms with Gasteiger partial charge in [-0.15, -0.1) is 11.3 Å². The van der Waals surface area contributed by atoms with Crippen molar-refractivity contribution in [1.29, 1.82) is 0 Å². The number of hydrogen-bond donors (Lipinski definition) is 2. The van der Waals surface area contributed by atoms with Crippen LogP contribution in [0.4, 0.5) is 0 Å². The van der Waals surface area contributed by atoms with Gasteiger partial charge in [0.25, 0.3) is 0 Å². The molecule has 1 aromatic heterocycles. The van der Waals surface area contributed by atoms with Crippen molar-refractivity contribution >= 4 is 33.3 Å². The lowest BCUT2D eigenvalue weighted by Crippen LogP contribution is -2.49. The molecule has 0 bridgehead atoms. The molecule has 130 valence electrons. The van der Waals surface area contributed by atoms with E-state index in [1.165, 1.54) is 11.3 Å². The number of hydrogen-bond acceptors (Lipinski definition) is 5. The minimum Gasteiger partial charge on any atom is -0.493 e. The smallest absolute Gasteiger partial charge is 0.319 e. The number of carbonyl (C=O) groups is 2. The maximum Gasteiger partial charge on any atom is 0.319 e. The number of methoxy groups -OCH3 is 2. The van der Waals surface area contributed by atoms with E-state index in [0.717, 1.165) is 15.0 Å². The molecule has 0 saturated heterocycles. The minimum absolute atomic E-state index is 0.0549. The van der Waals surface area contributed by atoms with Gasteiger partial charge < -0.3 is 20.3 Å². The maximum absolute atomic E-state index is 11.9. The van der Waals surface area contributed by atoms with Crippen LogP contribution in [-0.4, -0.2) is 31.2 Å². The van der Waals surface area contributed by atoms with Crippen LogP contribution in [0.5, 0.6) is 11.5 Å². The highest BCUT2D eigenvalue weighted by Crippen LogP contribution is 2.40. The highest BCUT2D eigenvalue weighted by Gasteiger charge is 2.48. The van der Waals surface area contributed by atoms with E-state index in [0.29, 0.717) is 11.5 Å². The molecule has 0 saturated carbocycles. The molecular weight excluding hydrogens is 330 g/mol. The number of carboxylic acids is 1. The molecule has 3 N–H and O–H groups in total. The first-order chi connectivity index (χ1) is 11.3. The van der Waals surface area contributed by atoms with E-state index in [9.17, 15) is 14.7 Å². The summed E-state index contributed by atoms with van der Waals surface area (Å²) in [5.74, 6) is -1.25. The molecule has 6 nitrogen and oxygen atoms in total. The van der Waals surface area contributed by atoms with E-state index in [1.54, 1.807) is 28.1 Å². The Hall–Kier alpha value is -2.28. The zero-order valence-electron chi connectivity index (χ0n) is 14.1. The summed E-state index contributed by atoms with van der Waals surface area (Å²) in [7, 11) is 3.11. The van der Waals surface area contributed by atoms with Gasteiger partial charge in [-0.05, 0) is 23.4 Å². The third-order valence-electron chi connectivity index (χ3n) is 4.33. The van der Waals surface area contributed by atoms with E-state index in [2.05, 4.69) is 0 Å². The molecule has 0 radical (unpaired) electrons. The van der Waals surface area contributed by atoms with Crippen LogP contribution in [0.3, 0.4) is 0 Å². The van der Waals surface area contributed by atoms with Crippen LogP contribution < -0.4 is 15.2 Å². The van der Waals surface area contributed by atoms with Crippen LogP contribution in [0, 0.1) is 11.3 Å². The molecule has 0 fully saturated rings. The molecule has 24 heavy (non-hydrogen) atoms. The van der Waals surface area contributed by atoms with Crippen molar-refractivity contribution in [2.75, 3.05) is 14.2 Å². The normalized spacial score (nSPS) is 13.7. The lowest BCUT2D eigenvalue weighted by atomic mass is 9.73. The molecule has 1 aromatic carbocycles. The molecule has 0 aliphatic carbocycles. The second-order valence-corrected chi connectivity index (χ2v) is 7.10. The molecule has 2 rings (SSSR count). The molecule has 0 aliphatic heterocycles. The molecule has 1 heterocycles. The van der Waals surface area contributed by atoms with Crippen molar-refractivity contribution in [2.45, 2.75) is 20.3 Å². The van der Waals surface area contributed by atoms with Gasteiger partial charge >= 0.3 is 5.97 Å². The number of aliphatic carboxylic acids is 1. The van der Waals surface area contributed by atoms with Gasteiger partial charge in [0.15, 0.2) is 16.9 Å². The summed E-state index contributed by atoms with van der Waals surface area (Å²) in [6, 6.07) is 5.53. The summed E-state index contributed by atoms with van der Waals surface area (Å²) in [5, 5.41) is 10.5. The van der Waals surface area contributed by atoms with Gasteiger partial charge in [0.2, 0.25) is 5.91 Å². The fourth-order valence-electron chi connectivity index (χ4n) is 2.79. The largest absolute Gasteiger partial charge is 0.493 e. The minimum atomic E-state index is -1.63. The molecule has 0 aliphatic rings. The van der Waals surface area contributed by atoms with Gasteiger partial charge in [-0.25, -0.2) is 0 Å². The number of fused-ring (bicyclic) bond motifs is 1. The van der Waals surface area contributed by atoms with E-state index in [1.807, 2.05) is 18.2 Å². The monoisotopic (exact) mass is 351 g/mol. The molecule has 1 amide bonds. The number of nitrogens with two attached hydrogens (primary N) is 1. The van der Waals surface area contributed by atoms with Gasteiger partial charge in [0.05, 0.1) is 14.2 Å². The van der Waals surface area contributed by atoms with E-state index < -0.39 is 23.2 Å². The first-order valence-corrected chi connectivity index (χ1v) is 8.25. The van der Waals surface area contributed by atoms with Crippen LogP contribution in [0.2, 0.25) is 0 Å². The van der Waals surface area contributed by atoms with Gasteiger partial charge in [-0.1, -0.05) is 13.8 Å². The summed E-state index contributed by atoms with van der Waals surface area (Å²) >= 11 is 1.42. The average molecular weight is 351 g/mol. The predicted octanol–water partition coefficient (Wildman–Crippen LogP) is 2.67. The van der Waals surface area contributed by atoms with Crippen molar-refractivity contribution in [2.24, 2.45) is 17.1 Å². The quantitative estimate of drug-likeness (QED) is 0.747. The Labute approximate surface area is 144 Å². The van der Waals surface area contributed by atoms with Crippen LogP contribution in [0.15, 0.2) is 18.2 Å². The van der Waals surface area contributed by atoms with E-state index in [-0.39, 0.29) is 6.42 Å². The number of benzene rings is 1. The molecule has 7 heteroatoms. The summed E-state index contributed by atoms with van der Waals surface area (Å²) in [4.78, 5) is 24.5. The molecule has 2 aromatic rings. The fourth-order valence-corrected chi connectivity index (χ4v) is 3.96. The first kappa shape index (κ1) is 18.1. The van der Waals surface area contributed by atoms with Crippen LogP contribution in [-0.2, 0) is 16.0 Å². The van der Waals surface area contributed by atoms with Crippen molar-refractivity contribution in [3.8, 4) is 11.5 Å². The first-order valence-electron chi connectivity index (χ1n) is 7.44. The Bertz CT molecular complexity index is 726. The average Bonchev–Trinajstić information content (AvgIpc) is 2.91. The zero-order valence-corrected chi connectivity index (χ0v) is 14.9. The Balaban J connectivity index is 2.52. The number of rotatable bonds is 7. The Morgan fingerprint density at radius 2 is 1.79 bits per heavy atom. The van der Waals surface area contributed by atoms with Crippen LogP contribution >= 0.6 is 11.3 Å². The fraction of sp³-hybridized carbons (Fsp3) is 0.412. The molecule has 1 atom stereocenters. The number of carboxylic acid groups (broad SMARTS) is 1. The summed E-state index contributed by atoms with van der Waals surface area (Å²) < 4.78 is 11.5. The zero-order chi connectivity index (χ0) is 18.1. The Kier molecular flexibility index (Phi) is 5.03. The predicted molar refractivity (Wildman–Crippen MR) is 92.7 cm³/mol. The highest BCUT2D eigenvalue weighted by molar-refractivity contribution is 7.19. The van der Waals surface area contributed by atoms with Gasteiger partial charge in [-0.2, -0.15) is 0 Å². The topological polar surface area (TPSA) is 98.9 Å². The van der Waals surface area contributed by atoms with Crippen LogP contribution in [0.25, 0.3) is 10.1 Å². The molecule has 1 unspecified atom stereocenters. The van der Waals surface area contributed by atoms with E-state index in [4.69, 9.17) is 15.2 Å². The summed E-state index contributed by atoms with van der Waals surface area (Å²) in [5.41, 5.74) is 3.82. The second-order valence-electron chi connectivity index (χ2n) is 5.93. The SMILES string of the molecule is COc1cc2cc(CC(C(N)=O)(C(=O)O)C(C)C)sc2cc1OC. The van der Waals surface area contributed by atoms with Gasteiger partial charge in [0.1, 0.15) is 0 Å². The summed E-state index contributed by atoms with van der Waals surface area (Å²) in [6.45, 7) is 3.39. The number of ether oxygens (including phenoxy) is 2. The van der Waals surface area contributed by atoms with E-state index >= 15 is 0 Å². The van der Waals surface area contributed by atoms with Gasteiger partial charge in [0, 0.05) is 22.1 Å².